The Bertz CT molecular complexity index is 2050. The number of hydrogen-bond donors (Lipinski definition) is 3. The topological polar surface area (TPSA) is 182 Å². The molecule has 0 saturated carbocycles. The Morgan fingerprint density at radius 2 is 0.827 bits per heavy atom. The van der Waals surface area contributed by atoms with E-state index >= 15 is 14.4 Å². The van der Waals surface area contributed by atoms with Crippen molar-refractivity contribution in [2.75, 3.05) is 6.61 Å². The number of rotatable bonds is 15. The van der Waals surface area contributed by atoms with E-state index in [2.05, 4.69) is 0 Å². The van der Waals surface area contributed by atoms with E-state index in [4.69, 9.17) is 9.47 Å². The predicted octanol–water partition coefficient (Wildman–Crippen LogP) is 4.11. The molecule has 0 aliphatic rings. The van der Waals surface area contributed by atoms with Crippen LogP contribution in [-0.4, -0.2) is 80.4 Å². The van der Waals surface area contributed by atoms with Gasteiger partial charge in [0.2, 0.25) is 17.3 Å². The normalized spacial score (nSPS) is 14.4. The summed E-state index contributed by atoms with van der Waals surface area (Å²) in [6, 6.07) is 33.8. The lowest BCUT2D eigenvalue weighted by atomic mass is 9.65. The minimum atomic E-state index is -3.92. The summed E-state index contributed by atoms with van der Waals surface area (Å²) in [7, 11) is 0. The molecule has 0 aliphatic carbocycles. The van der Waals surface area contributed by atoms with Gasteiger partial charge in [-0.2, -0.15) is 0 Å². The van der Waals surface area contributed by atoms with E-state index in [1.54, 1.807) is 12.1 Å². The smallest absolute Gasteiger partial charge is 0.339 e. The zero-order valence-corrected chi connectivity index (χ0v) is 27.4. The Morgan fingerprint density at radius 1 is 0.481 bits per heavy atom. The minimum Gasteiger partial charge on any atom is -0.439 e. The van der Waals surface area contributed by atoms with Gasteiger partial charge < -0.3 is 24.8 Å². The average molecular weight is 701 g/mol. The molecule has 0 radical (unpaired) electrons. The summed E-state index contributed by atoms with van der Waals surface area (Å²) in [6.07, 6.45) is -5.36. The first-order valence-corrected chi connectivity index (χ1v) is 16.0. The number of carbonyl (C=O) groups excluding carboxylic acids is 6. The second-order valence-electron chi connectivity index (χ2n) is 11.5. The molecule has 11 nitrogen and oxygen atoms in total. The van der Waals surface area contributed by atoms with E-state index in [9.17, 15) is 29.7 Å². The number of hydrogen-bond acceptors (Lipinski definition) is 11. The maximum atomic E-state index is 15.3. The molecule has 5 rings (SSSR count). The number of benzene rings is 5. The van der Waals surface area contributed by atoms with E-state index in [1.165, 1.54) is 140 Å². The van der Waals surface area contributed by atoms with Crippen molar-refractivity contribution in [3.05, 3.63) is 179 Å². The highest BCUT2D eigenvalue weighted by Crippen LogP contribution is 2.43. The van der Waals surface area contributed by atoms with Gasteiger partial charge in [0.25, 0.3) is 17.0 Å². The minimum absolute atomic E-state index is 0.268. The van der Waals surface area contributed by atoms with Gasteiger partial charge in [-0.1, -0.05) is 127 Å². The van der Waals surface area contributed by atoms with Crippen LogP contribution in [0.1, 0.15) is 51.8 Å². The lowest BCUT2D eigenvalue weighted by Gasteiger charge is -2.47. The highest BCUT2D eigenvalue weighted by Gasteiger charge is 2.76. The predicted molar refractivity (Wildman–Crippen MR) is 186 cm³/mol. The Hall–Kier alpha value is -6.40. The van der Waals surface area contributed by atoms with E-state index in [-0.39, 0.29) is 16.7 Å². The fourth-order valence-corrected chi connectivity index (χ4v) is 5.69. The fourth-order valence-electron chi connectivity index (χ4n) is 5.69. The van der Waals surface area contributed by atoms with Gasteiger partial charge in [-0.05, 0) is 24.3 Å². The molecule has 0 bridgehead atoms. The van der Waals surface area contributed by atoms with Crippen LogP contribution in [0.2, 0.25) is 0 Å². The summed E-state index contributed by atoms with van der Waals surface area (Å²) < 4.78 is 11.8. The molecule has 0 fully saturated rings. The molecule has 0 aliphatic heterocycles. The van der Waals surface area contributed by atoms with Gasteiger partial charge in [-0.15, -0.1) is 0 Å². The lowest BCUT2D eigenvalue weighted by molar-refractivity contribution is -0.187. The molecule has 0 heterocycles. The van der Waals surface area contributed by atoms with Crippen molar-refractivity contribution in [1.82, 2.24) is 0 Å². The summed E-state index contributed by atoms with van der Waals surface area (Å²) in [5, 5.41) is 33.5. The van der Waals surface area contributed by atoms with Crippen LogP contribution in [0.4, 0.5) is 0 Å². The zero-order valence-electron chi connectivity index (χ0n) is 27.4. The second-order valence-corrected chi connectivity index (χ2v) is 11.5. The molecule has 0 saturated heterocycles. The molecule has 4 atom stereocenters. The first kappa shape index (κ1) is 36.9. The van der Waals surface area contributed by atoms with Gasteiger partial charge in [0.1, 0.15) is 12.2 Å². The van der Waals surface area contributed by atoms with Crippen LogP contribution in [0.5, 0.6) is 0 Å². The maximum absolute atomic E-state index is 15.3. The molecule has 262 valence electrons. The third-order valence-electron chi connectivity index (χ3n) is 8.30. The summed E-state index contributed by atoms with van der Waals surface area (Å²) in [4.78, 5) is 88.4. The number of ketones is 4. The van der Waals surface area contributed by atoms with Gasteiger partial charge in [0.05, 0.1) is 17.7 Å². The molecule has 5 aromatic carbocycles. The molecule has 3 N–H and O–H groups in total. The van der Waals surface area contributed by atoms with Crippen LogP contribution in [0.15, 0.2) is 152 Å². The Morgan fingerprint density at radius 3 is 1.23 bits per heavy atom. The number of Topliss-reactive ketones (excluding diaryl/α,β-unsaturated/α-hetero) is 4. The number of ether oxygens (including phenoxy) is 2. The molecular weight excluding hydrogens is 668 g/mol. The molecule has 0 unspecified atom stereocenters. The van der Waals surface area contributed by atoms with Crippen molar-refractivity contribution >= 4 is 35.1 Å². The van der Waals surface area contributed by atoms with Gasteiger partial charge in [-0.3, -0.25) is 19.2 Å². The Balaban J connectivity index is 1.98. The van der Waals surface area contributed by atoms with Crippen molar-refractivity contribution in [2.24, 2.45) is 0 Å². The monoisotopic (exact) mass is 700 g/mol. The number of carbonyl (C=O) groups is 6. The van der Waals surface area contributed by atoms with Gasteiger partial charge in [0, 0.05) is 16.7 Å². The molecule has 52 heavy (non-hydrogen) atoms. The van der Waals surface area contributed by atoms with E-state index in [0.29, 0.717) is 0 Å². The van der Waals surface area contributed by atoms with Gasteiger partial charge in [0.15, 0.2) is 0 Å². The maximum Gasteiger partial charge on any atom is 0.339 e. The summed E-state index contributed by atoms with van der Waals surface area (Å²) in [5.74, 6) is -9.39. The first-order valence-electron chi connectivity index (χ1n) is 16.0. The van der Waals surface area contributed by atoms with E-state index < -0.39 is 76.2 Å². The number of aliphatic hydroxyl groups excluding tert-OH is 3. The Kier molecular flexibility index (Phi) is 11.4. The number of esters is 2. The van der Waals surface area contributed by atoms with Crippen molar-refractivity contribution in [3.63, 3.8) is 0 Å². The van der Waals surface area contributed by atoms with Crippen LogP contribution in [0.3, 0.4) is 0 Å². The van der Waals surface area contributed by atoms with Crippen LogP contribution < -0.4 is 0 Å². The SMILES string of the molecule is O=C(O[C@@](C(=O)C(=O)c1ccccc1)(C(=O)c1ccccc1)[C@](OC(=O)c1ccccc1)(C(=O)c1ccccc1)[C@H](O)[C@H](O)CO)c1ccccc1. The quantitative estimate of drug-likeness (QED) is 0.0619. The lowest BCUT2D eigenvalue weighted by Crippen LogP contribution is -2.78. The van der Waals surface area contributed by atoms with Crippen molar-refractivity contribution < 1.29 is 53.6 Å². The number of aliphatic hydroxyl groups is 3. The highest BCUT2D eigenvalue weighted by atomic mass is 16.6. The summed E-state index contributed by atoms with van der Waals surface area (Å²) in [6.45, 7) is -1.32. The van der Waals surface area contributed by atoms with E-state index in [1.807, 2.05) is 0 Å². The summed E-state index contributed by atoms with van der Waals surface area (Å²) in [5.41, 5.74) is -9.43. The second kappa shape index (κ2) is 16.1. The third kappa shape index (κ3) is 6.96. The van der Waals surface area contributed by atoms with Gasteiger partial charge in [-0.25, -0.2) is 9.59 Å². The molecular formula is C41H32O11. The largest absolute Gasteiger partial charge is 0.439 e. The fraction of sp³-hybridized carbons (Fsp3) is 0.122. The van der Waals surface area contributed by atoms with Crippen molar-refractivity contribution in [1.29, 1.82) is 0 Å². The average Bonchev–Trinajstić information content (AvgIpc) is 3.21. The molecule has 5 aromatic rings. The van der Waals surface area contributed by atoms with Crippen molar-refractivity contribution in [3.8, 4) is 0 Å². The summed E-state index contributed by atoms with van der Waals surface area (Å²) >= 11 is 0. The van der Waals surface area contributed by atoms with Crippen LogP contribution in [0, 0.1) is 0 Å². The van der Waals surface area contributed by atoms with Crippen molar-refractivity contribution in [2.45, 2.75) is 23.4 Å². The zero-order chi connectivity index (χ0) is 37.3. The highest BCUT2D eigenvalue weighted by molar-refractivity contribution is 6.52. The molecule has 0 amide bonds. The van der Waals surface area contributed by atoms with E-state index in [0.717, 1.165) is 0 Å². The van der Waals surface area contributed by atoms with Crippen LogP contribution in [0.25, 0.3) is 0 Å². The standard InChI is InChI=1S/C41H32O11/c42-26-32(43)36(47)40(34(45)28-18-8-2-9-19-28,51-38(49)30-22-12-4-13-23-30)41(35(46)29-20-10-3-11-21-29,52-39(50)31-24-14-5-15-25-31)37(48)33(44)27-16-6-1-7-17-27/h1-25,32,36,42-43,47H,26H2/t32-,36-,40+,41-/m1/s1. The van der Waals surface area contributed by atoms with Gasteiger partial charge >= 0.3 is 11.9 Å². The molecule has 0 aromatic heterocycles. The first-order chi connectivity index (χ1) is 25.1. The molecule has 11 heteroatoms. The van der Waals surface area contributed by atoms with Crippen LogP contribution >= 0.6 is 0 Å². The van der Waals surface area contributed by atoms with Crippen LogP contribution in [-0.2, 0) is 14.3 Å². The third-order valence-corrected chi connectivity index (χ3v) is 8.30. The Labute approximate surface area is 297 Å². The molecule has 0 spiro atoms.